The van der Waals surface area contributed by atoms with E-state index in [2.05, 4.69) is 17.8 Å². The average molecular weight is 330 g/mol. The minimum atomic E-state index is -1.03. The lowest BCUT2D eigenvalue weighted by molar-refractivity contribution is -0.116. The largest absolute Gasteiger partial charge is 0.393 e. The molecule has 0 heterocycles. The molecule has 0 saturated heterocycles. The molecular weight excluding hydrogens is 304 g/mol. The Morgan fingerprint density at radius 2 is 2.04 bits per heavy atom. The van der Waals surface area contributed by atoms with Crippen molar-refractivity contribution in [1.29, 1.82) is 0 Å². The number of hydrogen-bond donors (Lipinski definition) is 2. The number of benzene rings is 1. The Labute approximate surface area is 144 Å². The van der Waals surface area contributed by atoms with Crippen molar-refractivity contribution < 1.29 is 15.0 Å². The molecule has 0 saturated carbocycles. The second-order valence-electron chi connectivity index (χ2n) is 5.73. The summed E-state index contributed by atoms with van der Waals surface area (Å²) in [5, 5.41) is 19.0. The number of aryl methyl sites for hydroxylation is 1. The van der Waals surface area contributed by atoms with Gasteiger partial charge in [-0.25, -0.2) is 4.85 Å². The van der Waals surface area contributed by atoms with E-state index in [1.54, 1.807) is 24.0 Å². The fourth-order valence-corrected chi connectivity index (χ4v) is 2.51. The molecule has 1 unspecified atom stereocenters. The number of aliphatic hydroxyl groups is 2. The SMILES string of the molecule is [C-]#[N+]c1cc(C(O)CO)c(C)cc1N(CC/C=C\CCC)C(C)=O. The van der Waals surface area contributed by atoms with E-state index in [0.717, 1.165) is 24.8 Å². The molecule has 0 spiro atoms. The predicted octanol–water partition coefficient (Wildman–Crippen LogP) is 3.67. The van der Waals surface area contributed by atoms with Crippen LogP contribution in [0, 0.1) is 13.5 Å². The lowest BCUT2D eigenvalue weighted by Crippen LogP contribution is -2.29. The van der Waals surface area contributed by atoms with Gasteiger partial charge >= 0.3 is 0 Å². The second-order valence-corrected chi connectivity index (χ2v) is 5.73. The third-order valence-electron chi connectivity index (χ3n) is 3.83. The highest BCUT2D eigenvalue weighted by molar-refractivity contribution is 5.95. The Balaban J connectivity index is 3.12. The van der Waals surface area contributed by atoms with Crippen LogP contribution in [-0.4, -0.2) is 29.3 Å². The van der Waals surface area contributed by atoms with Crippen molar-refractivity contribution in [2.75, 3.05) is 18.1 Å². The van der Waals surface area contributed by atoms with E-state index in [9.17, 15) is 9.90 Å². The van der Waals surface area contributed by atoms with Gasteiger partial charge in [0.25, 0.3) is 0 Å². The summed E-state index contributed by atoms with van der Waals surface area (Å²) in [4.78, 5) is 17.1. The third kappa shape index (κ3) is 5.19. The number of allylic oxidation sites excluding steroid dienone is 1. The first-order valence-electron chi connectivity index (χ1n) is 8.20. The average Bonchev–Trinajstić information content (AvgIpc) is 2.57. The number of nitrogens with zero attached hydrogens (tertiary/aromatic N) is 2. The molecule has 0 aromatic heterocycles. The van der Waals surface area contributed by atoms with Gasteiger partial charge in [0, 0.05) is 19.2 Å². The number of hydrogen-bond acceptors (Lipinski definition) is 3. The first kappa shape index (κ1) is 19.9. The first-order chi connectivity index (χ1) is 11.5. The van der Waals surface area contributed by atoms with Crippen LogP contribution in [0.2, 0.25) is 0 Å². The molecule has 0 radical (unpaired) electrons. The molecule has 5 nitrogen and oxygen atoms in total. The summed E-state index contributed by atoms with van der Waals surface area (Å²) in [7, 11) is 0. The van der Waals surface area contributed by atoms with Crippen molar-refractivity contribution >= 4 is 17.3 Å². The first-order valence-corrected chi connectivity index (χ1v) is 8.20. The van der Waals surface area contributed by atoms with Gasteiger partial charge < -0.3 is 15.1 Å². The van der Waals surface area contributed by atoms with Gasteiger partial charge in [0.15, 0.2) is 0 Å². The van der Waals surface area contributed by atoms with Crippen LogP contribution >= 0.6 is 0 Å². The highest BCUT2D eigenvalue weighted by atomic mass is 16.3. The minimum Gasteiger partial charge on any atom is -0.393 e. The van der Waals surface area contributed by atoms with Crippen LogP contribution < -0.4 is 4.90 Å². The number of carbonyl (C=O) groups excluding carboxylic acids is 1. The van der Waals surface area contributed by atoms with Gasteiger partial charge in [-0.3, -0.25) is 4.79 Å². The van der Waals surface area contributed by atoms with Crippen LogP contribution in [0.4, 0.5) is 11.4 Å². The minimum absolute atomic E-state index is 0.126. The maximum Gasteiger partial charge on any atom is 0.222 e. The maximum atomic E-state index is 12.0. The maximum absolute atomic E-state index is 12.0. The van der Waals surface area contributed by atoms with Crippen LogP contribution in [0.3, 0.4) is 0 Å². The Bertz CT molecular complexity index is 632. The molecule has 24 heavy (non-hydrogen) atoms. The fourth-order valence-electron chi connectivity index (χ4n) is 2.51. The normalized spacial score (nSPS) is 12.2. The lowest BCUT2D eigenvalue weighted by atomic mass is 10.0. The highest BCUT2D eigenvalue weighted by Gasteiger charge is 2.19. The molecule has 0 fully saturated rings. The zero-order valence-electron chi connectivity index (χ0n) is 14.6. The molecule has 2 N–H and O–H groups in total. The fraction of sp³-hybridized carbons (Fsp3) is 0.474. The molecule has 0 aliphatic rings. The Hall–Kier alpha value is -2.16. The molecule has 5 heteroatoms. The number of rotatable bonds is 8. The van der Waals surface area contributed by atoms with E-state index in [1.807, 2.05) is 6.08 Å². The van der Waals surface area contributed by atoms with E-state index in [4.69, 9.17) is 11.7 Å². The van der Waals surface area contributed by atoms with Crippen molar-refractivity contribution in [3.8, 4) is 0 Å². The zero-order valence-corrected chi connectivity index (χ0v) is 14.6. The van der Waals surface area contributed by atoms with Crippen molar-refractivity contribution in [3.05, 3.63) is 46.8 Å². The summed E-state index contributed by atoms with van der Waals surface area (Å²) in [5.41, 5.74) is 2.11. The van der Waals surface area contributed by atoms with Crippen molar-refractivity contribution in [2.45, 2.75) is 46.1 Å². The molecule has 0 bridgehead atoms. The van der Waals surface area contributed by atoms with E-state index in [0.29, 0.717) is 23.5 Å². The summed E-state index contributed by atoms with van der Waals surface area (Å²) < 4.78 is 0. The van der Waals surface area contributed by atoms with E-state index in [1.165, 1.54) is 6.92 Å². The van der Waals surface area contributed by atoms with E-state index in [-0.39, 0.29) is 5.91 Å². The van der Waals surface area contributed by atoms with Crippen LogP contribution in [0.1, 0.15) is 50.3 Å². The van der Waals surface area contributed by atoms with E-state index < -0.39 is 12.7 Å². The van der Waals surface area contributed by atoms with Crippen molar-refractivity contribution in [3.63, 3.8) is 0 Å². The number of aliphatic hydroxyl groups excluding tert-OH is 2. The van der Waals surface area contributed by atoms with Crippen LogP contribution in [0.5, 0.6) is 0 Å². The topological polar surface area (TPSA) is 65.1 Å². The molecule has 0 aliphatic heterocycles. The second kappa shape index (κ2) is 9.86. The molecule has 1 aromatic rings. The summed E-state index contributed by atoms with van der Waals surface area (Å²) in [6.45, 7) is 12.9. The molecular formula is C19H26N2O3. The Kier molecular flexibility index (Phi) is 8.17. The van der Waals surface area contributed by atoms with Crippen LogP contribution in [0.25, 0.3) is 4.85 Å². The van der Waals surface area contributed by atoms with Gasteiger partial charge in [-0.15, -0.1) is 0 Å². The number of anilines is 1. The zero-order chi connectivity index (χ0) is 18.1. The smallest absolute Gasteiger partial charge is 0.222 e. The van der Waals surface area contributed by atoms with Crippen molar-refractivity contribution in [1.82, 2.24) is 0 Å². The number of carbonyl (C=O) groups is 1. The van der Waals surface area contributed by atoms with Crippen molar-refractivity contribution in [2.24, 2.45) is 0 Å². The summed E-state index contributed by atoms with van der Waals surface area (Å²) in [6, 6.07) is 3.29. The monoisotopic (exact) mass is 330 g/mol. The van der Waals surface area contributed by atoms with Crippen LogP contribution in [0.15, 0.2) is 24.3 Å². The molecule has 1 amide bonds. The molecule has 1 aromatic carbocycles. The number of amides is 1. The standard InChI is InChI=1S/C19H26N2O3/c1-5-6-7-8-9-10-21(15(3)23)18-11-14(2)16(19(24)13-22)12-17(18)20-4/h7-8,11-12,19,22,24H,5-6,9-10,13H2,1-3H3/b8-7-. The third-order valence-corrected chi connectivity index (χ3v) is 3.83. The predicted molar refractivity (Wildman–Crippen MR) is 96.2 cm³/mol. The number of unbranched alkanes of at least 4 members (excludes halogenated alkanes) is 1. The molecule has 1 atom stereocenters. The molecule has 0 aliphatic carbocycles. The highest BCUT2D eigenvalue weighted by Crippen LogP contribution is 2.34. The summed E-state index contributed by atoms with van der Waals surface area (Å²) >= 11 is 0. The quantitative estimate of drug-likeness (QED) is 0.564. The lowest BCUT2D eigenvalue weighted by Gasteiger charge is -2.24. The Morgan fingerprint density at radius 3 is 2.58 bits per heavy atom. The molecule has 1 rings (SSSR count). The summed E-state index contributed by atoms with van der Waals surface area (Å²) in [6.07, 6.45) is 5.94. The van der Waals surface area contributed by atoms with Crippen LogP contribution in [-0.2, 0) is 4.79 Å². The van der Waals surface area contributed by atoms with Gasteiger partial charge in [0.2, 0.25) is 11.6 Å². The van der Waals surface area contributed by atoms with Gasteiger partial charge in [-0.05, 0) is 43.0 Å². The summed E-state index contributed by atoms with van der Waals surface area (Å²) in [5.74, 6) is -0.126. The molecule has 130 valence electrons. The van der Waals surface area contributed by atoms with Gasteiger partial charge in [0.05, 0.1) is 13.2 Å². The van der Waals surface area contributed by atoms with Gasteiger partial charge in [0.1, 0.15) is 6.10 Å². The Morgan fingerprint density at radius 1 is 1.38 bits per heavy atom. The van der Waals surface area contributed by atoms with E-state index >= 15 is 0 Å². The van der Waals surface area contributed by atoms with Gasteiger partial charge in [-0.2, -0.15) is 0 Å². The van der Waals surface area contributed by atoms with Gasteiger partial charge in [-0.1, -0.05) is 25.5 Å².